The van der Waals surface area contributed by atoms with Gasteiger partial charge in [-0.3, -0.25) is 10.1 Å². The predicted molar refractivity (Wildman–Crippen MR) is 77.4 cm³/mol. The smallest absolute Gasteiger partial charge is 0.433 e. The molecule has 0 saturated carbocycles. The summed E-state index contributed by atoms with van der Waals surface area (Å²) in [5.41, 5.74) is 0. The Balaban J connectivity index is 1.82. The van der Waals surface area contributed by atoms with Crippen LogP contribution in [0.5, 0.6) is 0 Å². The Morgan fingerprint density at radius 2 is 2.38 bits per heavy atom. The van der Waals surface area contributed by atoms with E-state index in [4.69, 9.17) is 18.6 Å². The van der Waals surface area contributed by atoms with Crippen LogP contribution in [0.3, 0.4) is 0 Å². The summed E-state index contributed by atoms with van der Waals surface area (Å²) in [7, 11) is 0. The third-order valence-electron chi connectivity index (χ3n) is 2.83. The van der Waals surface area contributed by atoms with E-state index in [9.17, 15) is 19.7 Å². The minimum Gasteiger partial charge on any atom is -0.460 e. The maximum Gasteiger partial charge on any atom is 0.433 e. The highest BCUT2D eigenvalue weighted by atomic mass is 16.6. The number of hydrazone groups is 1. The lowest BCUT2D eigenvalue weighted by atomic mass is 10.4. The predicted octanol–water partition coefficient (Wildman–Crippen LogP) is 0.922. The summed E-state index contributed by atoms with van der Waals surface area (Å²) in [6, 6.07) is 2.51. The number of nitro groups is 1. The van der Waals surface area contributed by atoms with Crippen LogP contribution in [-0.4, -0.2) is 60.7 Å². The molecule has 0 N–H and O–H groups in total. The van der Waals surface area contributed by atoms with Gasteiger partial charge in [0.05, 0.1) is 18.8 Å². The summed E-state index contributed by atoms with van der Waals surface area (Å²) in [5.74, 6) is -0.877. The third kappa shape index (κ3) is 4.78. The Morgan fingerprint density at radius 1 is 1.58 bits per heavy atom. The van der Waals surface area contributed by atoms with Crippen LogP contribution in [0.2, 0.25) is 0 Å². The van der Waals surface area contributed by atoms with Gasteiger partial charge in [0.2, 0.25) is 0 Å². The van der Waals surface area contributed by atoms with Crippen LogP contribution in [-0.2, 0) is 19.0 Å². The highest BCUT2D eigenvalue weighted by Gasteiger charge is 2.32. The molecule has 0 bridgehead atoms. The highest BCUT2D eigenvalue weighted by molar-refractivity contribution is 5.78. The zero-order valence-corrected chi connectivity index (χ0v) is 12.7. The van der Waals surface area contributed by atoms with Crippen molar-refractivity contribution in [1.29, 1.82) is 0 Å². The molecule has 1 aliphatic heterocycles. The maximum absolute atomic E-state index is 11.6. The van der Waals surface area contributed by atoms with Gasteiger partial charge >= 0.3 is 17.9 Å². The van der Waals surface area contributed by atoms with Gasteiger partial charge in [-0.05, 0) is 13.0 Å². The van der Waals surface area contributed by atoms with Crippen molar-refractivity contribution in [3.63, 3.8) is 0 Å². The molecule has 1 saturated heterocycles. The van der Waals surface area contributed by atoms with E-state index in [2.05, 4.69) is 5.10 Å². The number of ether oxygens (including phenoxy) is 3. The third-order valence-corrected chi connectivity index (χ3v) is 2.83. The number of carbonyl (C=O) groups excluding carboxylic acids is 2. The summed E-state index contributed by atoms with van der Waals surface area (Å²) in [6.07, 6.45) is -0.234. The van der Waals surface area contributed by atoms with Crippen molar-refractivity contribution in [1.82, 2.24) is 5.01 Å². The molecule has 1 amide bonds. The fourth-order valence-electron chi connectivity index (χ4n) is 1.74. The molecule has 0 spiro atoms. The van der Waals surface area contributed by atoms with Gasteiger partial charge in [0.25, 0.3) is 0 Å². The number of esters is 1. The molecule has 0 radical (unpaired) electrons. The van der Waals surface area contributed by atoms with Crippen molar-refractivity contribution >= 4 is 24.2 Å². The fraction of sp³-hybridized carbons (Fsp3) is 0.462. The van der Waals surface area contributed by atoms with E-state index >= 15 is 0 Å². The minimum atomic E-state index is -0.724. The topological polar surface area (TPSA) is 134 Å². The van der Waals surface area contributed by atoms with Gasteiger partial charge in [-0.25, -0.2) is 9.59 Å². The van der Waals surface area contributed by atoms with Crippen molar-refractivity contribution in [2.24, 2.45) is 5.10 Å². The zero-order valence-electron chi connectivity index (χ0n) is 12.7. The van der Waals surface area contributed by atoms with Crippen molar-refractivity contribution < 1.29 is 33.1 Å². The monoisotopic (exact) mass is 341 g/mol. The van der Waals surface area contributed by atoms with Crippen molar-refractivity contribution in [3.8, 4) is 0 Å². The van der Waals surface area contributed by atoms with Gasteiger partial charge in [0.15, 0.2) is 11.9 Å². The van der Waals surface area contributed by atoms with Crippen LogP contribution in [0, 0.1) is 10.1 Å². The first kappa shape index (κ1) is 17.4. The Kier molecular flexibility index (Phi) is 5.84. The van der Waals surface area contributed by atoms with E-state index < -0.39 is 29.0 Å². The summed E-state index contributed by atoms with van der Waals surface area (Å²) < 4.78 is 19.6. The molecule has 24 heavy (non-hydrogen) atoms. The summed E-state index contributed by atoms with van der Waals surface area (Å²) in [5, 5.41) is 15.3. The molecule has 1 aliphatic rings. The molecule has 11 heteroatoms. The number of carbonyl (C=O) groups is 2. The lowest BCUT2D eigenvalue weighted by Crippen LogP contribution is -2.24. The largest absolute Gasteiger partial charge is 0.460 e. The van der Waals surface area contributed by atoms with Gasteiger partial charge in [0, 0.05) is 6.61 Å². The van der Waals surface area contributed by atoms with Crippen LogP contribution in [0.1, 0.15) is 12.7 Å². The van der Waals surface area contributed by atoms with Gasteiger partial charge in [-0.1, -0.05) is 0 Å². The second-order valence-corrected chi connectivity index (χ2v) is 4.59. The first-order valence-electron chi connectivity index (χ1n) is 6.99. The number of cyclic esters (lactones) is 1. The SMILES string of the molecule is CCOCC(=O)OCC1CN(N=Cc2ccc([N+](=O)[O-])o2)C(=O)O1. The molecule has 11 nitrogen and oxygen atoms in total. The van der Waals surface area contributed by atoms with E-state index in [1.807, 2.05) is 0 Å². The molecule has 2 heterocycles. The van der Waals surface area contributed by atoms with Crippen LogP contribution < -0.4 is 0 Å². The standard InChI is InChI=1S/C13H15N3O8/c1-2-21-8-12(17)22-7-10-6-15(13(18)24-10)14-5-9-3-4-11(23-9)16(19)20/h3-5,10H,2,6-8H2,1H3. The second-order valence-electron chi connectivity index (χ2n) is 4.59. The number of rotatable bonds is 8. The van der Waals surface area contributed by atoms with Crippen molar-refractivity contribution in [2.75, 3.05) is 26.4 Å². The van der Waals surface area contributed by atoms with Crippen LogP contribution in [0.4, 0.5) is 10.7 Å². The second kappa shape index (κ2) is 8.06. The maximum atomic E-state index is 11.6. The molecule has 1 fully saturated rings. The van der Waals surface area contributed by atoms with Gasteiger partial charge < -0.3 is 18.6 Å². The first-order valence-corrected chi connectivity index (χ1v) is 6.99. The van der Waals surface area contributed by atoms with Crippen LogP contribution in [0.15, 0.2) is 21.7 Å². The number of hydrogen-bond acceptors (Lipinski definition) is 9. The number of hydrogen-bond donors (Lipinski definition) is 0. The van der Waals surface area contributed by atoms with Crippen LogP contribution in [0.25, 0.3) is 0 Å². The number of nitrogens with zero attached hydrogens (tertiary/aromatic N) is 3. The molecular weight excluding hydrogens is 326 g/mol. The van der Waals surface area contributed by atoms with E-state index in [1.165, 1.54) is 12.1 Å². The molecule has 130 valence electrons. The number of amides is 1. The summed E-state index contributed by atoms with van der Waals surface area (Å²) in [6.45, 7) is 1.92. The molecule has 1 aromatic heterocycles. The Bertz CT molecular complexity index is 641. The van der Waals surface area contributed by atoms with E-state index in [1.54, 1.807) is 6.92 Å². The Morgan fingerprint density at radius 3 is 3.04 bits per heavy atom. The molecule has 2 rings (SSSR count). The summed E-state index contributed by atoms with van der Waals surface area (Å²) in [4.78, 5) is 32.7. The Labute approximate surface area is 135 Å². The average Bonchev–Trinajstić information content (AvgIpc) is 3.15. The van der Waals surface area contributed by atoms with Crippen molar-refractivity contribution in [3.05, 3.63) is 28.0 Å². The molecular formula is C13H15N3O8. The molecule has 0 aliphatic carbocycles. The molecule has 1 atom stereocenters. The van der Waals surface area contributed by atoms with E-state index in [0.717, 1.165) is 11.2 Å². The van der Waals surface area contributed by atoms with Crippen molar-refractivity contribution in [2.45, 2.75) is 13.0 Å². The lowest BCUT2D eigenvalue weighted by Gasteiger charge is -2.08. The van der Waals surface area contributed by atoms with E-state index in [-0.39, 0.29) is 25.5 Å². The van der Waals surface area contributed by atoms with Gasteiger partial charge in [-0.15, -0.1) is 0 Å². The normalized spacial score (nSPS) is 17.3. The average molecular weight is 341 g/mol. The molecule has 1 aromatic rings. The van der Waals surface area contributed by atoms with Crippen LogP contribution >= 0.6 is 0 Å². The fourth-order valence-corrected chi connectivity index (χ4v) is 1.74. The van der Waals surface area contributed by atoms with E-state index in [0.29, 0.717) is 6.61 Å². The Hall–Kier alpha value is -2.95. The lowest BCUT2D eigenvalue weighted by molar-refractivity contribution is -0.402. The molecule has 1 unspecified atom stereocenters. The zero-order chi connectivity index (χ0) is 17.5. The quantitative estimate of drug-likeness (QED) is 0.295. The minimum absolute atomic E-state index is 0.0695. The first-order chi connectivity index (χ1) is 11.5. The molecule has 0 aromatic carbocycles. The van der Waals surface area contributed by atoms with Gasteiger partial charge in [0.1, 0.15) is 18.1 Å². The van der Waals surface area contributed by atoms with Gasteiger partial charge in [-0.2, -0.15) is 10.1 Å². The summed E-state index contributed by atoms with van der Waals surface area (Å²) >= 11 is 0. The highest BCUT2D eigenvalue weighted by Crippen LogP contribution is 2.15. The number of furan rings is 1.